The highest BCUT2D eigenvalue weighted by Gasteiger charge is 2.24. The minimum Gasteiger partial charge on any atom is -0.384 e. The summed E-state index contributed by atoms with van der Waals surface area (Å²) in [5.41, 5.74) is 9.35. The van der Waals surface area contributed by atoms with Crippen LogP contribution in [0.4, 0.5) is 11.4 Å². The number of rotatable bonds is 7. The number of nitrogens with one attached hydrogen (secondary N) is 2. The zero-order valence-electron chi connectivity index (χ0n) is 17.7. The monoisotopic (exact) mass is 502 g/mol. The number of carbonyl (C=O) groups is 1. The number of sulfonamides is 1. The number of halogens is 1. The molecule has 1 aromatic heterocycles. The number of nitrogens with zero attached hydrogens (tertiary/aromatic N) is 1. The van der Waals surface area contributed by atoms with Crippen LogP contribution in [0, 0.1) is 5.41 Å². The topological polar surface area (TPSA) is 116 Å². The summed E-state index contributed by atoms with van der Waals surface area (Å²) in [5, 5.41) is 7.46. The van der Waals surface area contributed by atoms with Crippen molar-refractivity contribution in [2.24, 2.45) is 5.73 Å². The maximum atomic E-state index is 13.0. The normalized spacial score (nSPS) is 13.4. The zero-order valence-corrected chi connectivity index (χ0v) is 20.1. The van der Waals surface area contributed by atoms with E-state index in [2.05, 4.69) is 4.72 Å². The maximum Gasteiger partial charge on any atom is 0.271 e. The summed E-state index contributed by atoms with van der Waals surface area (Å²) in [7, 11) is -3.71. The lowest BCUT2D eigenvalue weighted by atomic mass is 10.00. The second-order valence-corrected chi connectivity index (χ2v) is 11.4. The highest BCUT2D eigenvalue weighted by molar-refractivity contribution is 7.94. The van der Waals surface area contributed by atoms with Crippen LogP contribution in [-0.4, -0.2) is 26.7 Å². The Morgan fingerprint density at radius 3 is 2.58 bits per heavy atom. The molecule has 0 saturated heterocycles. The Bertz CT molecular complexity index is 1300. The van der Waals surface area contributed by atoms with Gasteiger partial charge in [0, 0.05) is 29.9 Å². The molecule has 2 aromatic carbocycles. The number of thiophene rings is 1. The highest BCUT2D eigenvalue weighted by Crippen LogP contribution is 2.32. The Balaban J connectivity index is 1.45. The van der Waals surface area contributed by atoms with Crippen molar-refractivity contribution in [3.8, 4) is 0 Å². The van der Waals surface area contributed by atoms with Crippen molar-refractivity contribution in [2.45, 2.75) is 29.9 Å². The van der Waals surface area contributed by atoms with Crippen LogP contribution in [-0.2, 0) is 27.7 Å². The van der Waals surface area contributed by atoms with Crippen LogP contribution in [0.5, 0.6) is 0 Å². The van der Waals surface area contributed by atoms with Gasteiger partial charge in [-0.2, -0.15) is 0 Å². The number of hydrogen-bond donors (Lipinski definition) is 3. The van der Waals surface area contributed by atoms with Gasteiger partial charge in [0.25, 0.3) is 10.0 Å². The Labute approximate surface area is 201 Å². The molecule has 172 valence electrons. The maximum absolute atomic E-state index is 13.0. The molecule has 10 heteroatoms. The number of fused-ring (bicyclic) bond motifs is 1. The van der Waals surface area contributed by atoms with Gasteiger partial charge in [0.15, 0.2) is 0 Å². The molecule has 1 aliphatic rings. The third-order valence-electron chi connectivity index (χ3n) is 5.46. The van der Waals surface area contributed by atoms with E-state index in [-0.39, 0.29) is 16.0 Å². The van der Waals surface area contributed by atoms with Gasteiger partial charge >= 0.3 is 0 Å². The second kappa shape index (κ2) is 9.54. The molecular formula is C23H23ClN4O3S2. The molecule has 7 nitrogen and oxygen atoms in total. The van der Waals surface area contributed by atoms with E-state index in [1.165, 1.54) is 6.07 Å². The molecule has 4 rings (SSSR count). The first-order chi connectivity index (χ1) is 15.7. The van der Waals surface area contributed by atoms with E-state index in [0.717, 1.165) is 41.0 Å². The van der Waals surface area contributed by atoms with Crippen LogP contribution in [0.3, 0.4) is 0 Å². The largest absolute Gasteiger partial charge is 0.384 e. The van der Waals surface area contributed by atoms with Gasteiger partial charge in [-0.15, -0.1) is 11.3 Å². The van der Waals surface area contributed by atoms with Crippen molar-refractivity contribution in [1.82, 2.24) is 0 Å². The Morgan fingerprint density at radius 2 is 1.91 bits per heavy atom. The summed E-state index contributed by atoms with van der Waals surface area (Å²) in [6.45, 7) is 0.633. The number of aryl methyl sites for hydroxylation is 2. The van der Waals surface area contributed by atoms with Gasteiger partial charge in [-0.05, 0) is 60.7 Å². The fraction of sp³-hybridized carbons (Fsp3) is 0.217. The quantitative estimate of drug-likeness (QED) is 0.328. The van der Waals surface area contributed by atoms with Crippen molar-refractivity contribution < 1.29 is 13.2 Å². The van der Waals surface area contributed by atoms with E-state index in [1.807, 2.05) is 12.1 Å². The van der Waals surface area contributed by atoms with E-state index >= 15 is 0 Å². The molecule has 0 atom stereocenters. The zero-order chi connectivity index (χ0) is 23.6. The number of nitrogens with two attached hydrogens (primary N) is 1. The fourth-order valence-corrected chi connectivity index (χ4v) is 6.34. The first-order valence-electron chi connectivity index (χ1n) is 10.4. The van der Waals surface area contributed by atoms with Crippen LogP contribution in [0.2, 0.25) is 4.34 Å². The Hall–Kier alpha value is -2.88. The molecule has 0 fully saturated rings. The van der Waals surface area contributed by atoms with E-state index in [1.54, 1.807) is 41.3 Å². The average Bonchev–Trinajstić information content (AvgIpc) is 3.24. The van der Waals surface area contributed by atoms with Crippen molar-refractivity contribution in [3.05, 3.63) is 75.6 Å². The van der Waals surface area contributed by atoms with Crippen molar-refractivity contribution in [2.75, 3.05) is 16.2 Å². The van der Waals surface area contributed by atoms with E-state index < -0.39 is 10.0 Å². The lowest BCUT2D eigenvalue weighted by Crippen LogP contribution is -2.35. The van der Waals surface area contributed by atoms with E-state index in [4.69, 9.17) is 22.7 Å². The SMILES string of the molecule is N=C(N)c1ccc(CCC(=O)N2CCCc3cc(NS(=O)(=O)c4ccc(Cl)s4)ccc32)cc1. The molecule has 4 N–H and O–H groups in total. The molecule has 33 heavy (non-hydrogen) atoms. The van der Waals surface area contributed by atoms with Crippen LogP contribution >= 0.6 is 22.9 Å². The van der Waals surface area contributed by atoms with Gasteiger partial charge in [-0.25, -0.2) is 8.42 Å². The lowest BCUT2D eigenvalue weighted by molar-refractivity contribution is -0.118. The summed E-state index contributed by atoms with van der Waals surface area (Å²) in [6, 6.07) is 15.6. The number of hydrogen-bond acceptors (Lipinski definition) is 5. The number of amidine groups is 1. The van der Waals surface area contributed by atoms with Crippen molar-refractivity contribution >= 4 is 56.1 Å². The Morgan fingerprint density at radius 1 is 1.15 bits per heavy atom. The van der Waals surface area contributed by atoms with Gasteiger partial charge in [-0.3, -0.25) is 14.9 Å². The van der Waals surface area contributed by atoms with Gasteiger partial charge < -0.3 is 10.6 Å². The molecule has 3 aromatic rings. The fourth-order valence-electron chi connectivity index (χ4n) is 3.80. The van der Waals surface area contributed by atoms with E-state index in [9.17, 15) is 13.2 Å². The second-order valence-electron chi connectivity index (χ2n) is 7.77. The summed E-state index contributed by atoms with van der Waals surface area (Å²) in [4.78, 5) is 14.7. The summed E-state index contributed by atoms with van der Waals surface area (Å²) in [5.74, 6) is 0.0385. The van der Waals surface area contributed by atoms with Gasteiger partial charge in [-0.1, -0.05) is 35.9 Å². The number of carbonyl (C=O) groups excluding carboxylic acids is 1. The summed E-state index contributed by atoms with van der Waals surface area (Å²) >= 11 is 6.87. The summed E-state index contributed by atoms with van der Waals surface area (Å²) in [6.07, 6.45) is 2.52. The highest BCUT2D eigenvalue weighted by atomic mass is 35.5. The van der Waals surface area contributed by atoms with E-state index in [0.29, 0.717) is 35.0 Å². The predicted molar refractivity (Wildman–Crippen MR) is 133 cm³/mol. The van der Waals surface area contributed by atoms with Crippen LogP contribution < -0.4 is 15.4 Å². The molecule has 0 radical (unpaired) electrons. The van der Waals surface area contributed by atoms with Gasteiger partial charge in [0.1, 0.15) is 10.0 Å². The van der Waals surface area contributed by atoms with Gasteiger partial charge in [0.2, 0.25) is 5.91 Å². The lowest BCUT2D eigenvalue weighted by Gasteiger charge is -2.30. The minimum absolute atomic E-state index is 0.0170. The molecule has 0 bridgehead atoms. The molecule has 0 unspecified atom stereocenters. The van der Waals surface area contributed by atoms with Crippen molar-refractivity contribution in [1.29, 1.82) is 5.41 Å². The Kier molecular flexibility index (Phi) is 6.73. The average molecular weight is 503 g/mol. The minimum atomic E-state index is -3.71. The van der Waals surface area contributed by atoms with Crippen LogP contribution in [0.1, 0.15) is 29.5 Å². The first kappa shape index (κ1) is 23.3. The molecule has 2 heterocycles. The molecule has 0 spiro atoms. The first-order valence-corrected chi connectivity index (χ1v) is 13.1. The molecule has 1 aliphatic heterocycles. The predicted octanol–water partition coefficient (Wildman–Crippen LogP) is 4.40. The third kappa shape index (κ3) is 5.38. The van der Waals surface area contributed by atoms with Gasteiger partial charge in [0.05, 0.1) is 4.34 Å². The standard InChI is InChI=1S/C23H23ClN4O3S2/c24-20-10-12-22(32-20)33(30,31)27-18-8-9-19-17(14-18)2-1-13-28(19)21(29)11-5-15-3-6-16(7-4-15)23(25)26/h3-4,6-10,12,14,27H,1-2,5,11,13H2,(H3,25,26). The number of benzene rings is 2. The van der Waals surface area contributed by atoms with Crippen LogP contribution in [0.25, 0.3) is 0 Å². The molecule has 0 aliphatic carbocycles. The van der Waals surface area contributed by atoms with Crippen molar-refractivity contribution in [3.63, 3.8) is 0 Å². The number of nitrogen functional groups attached to an aromatic ring is 1. The number of amides is 1. The third-order valence-corrected chi connectivity index (χ3v) is 8.56. The molecule has 0 saturated carbocycles. The number of anilines is 2. The molecular weight excluding hydrogens is 480 g/mol. The smallest absolute Gasteiger partial charge is 0.271 e. The molecule has 1 amide bonds. The summed E-state index contributed by atoms with van der Waals surface area (Å²) < 4.78 is 28.3. The van der Waals surface area contributed by atoms with Crippen LogP contribution in [0.15, 0.2) is 58.8 Å².